The molecule has 1 N–H and O–H groups in total. The zero-order valence-corrected chi connectivity index (χ0v) is 16.4. The van der Waals surface area contributed by atoms with Gasteiger partial charge in [0, 0.05) is 33.1 Å². The maximum Gasteiger partial charge on any atom is 0.234 e. The number of hydrogen-bond donors (Lipinski definition) is 1. The summed E-state index contributed by atoms with van der Waals surface area (Å²) in [6, 6.07) is 8.09. The molecule has 1 aliphatic rings. The Hall–Kier alpha value is -2.08. The van der Waals surface area contributed by atoms with Gasteiger partial charge in [0.05, 0.1) is 13.1 Å². The summed E-state index contributed by atoms with van der Waals surface area (Å²) in [5.74, 6) is 0.905. The van der Waals surface area contributed by atoms with E-state index in [9.17, 15) is 9.59 Å². The predicted molar refractivity (Wildman–Crippen MR) is 102 cm³/mol. The van der Waals surface area contributed by atoms with Crippen LogP contribution in [-0.2, 0) is 15.0 Å². The lowest BCUT2D eigenvalue weighted by atomic mass is 9.87. The van der Waals surface area contributed by atoms with E-state index in [1.165, 1.54) is 5.56 Å². The molecule has 1 aliphatic heterocycles. The third kappa shape index (κ3) is 6.33. The fraction of sp³-hybridized carbons (Fsp3) is 0.600. The molecule has 1 fully saturated rings. The number of nitrogens with one attached hydrogen (secondary N) is 1. The van der Waals surface area contributed by atoms with Crippen molar-refractivity contribution in [1.82, 2.24) is 15.1 Å². The summed E-state index contributed by atoms with van der Waals surface area (Å²) in [7, 11) is 0. The first-order chi connectivity index (χ1) is 12.3. The molecule has 0 radical (unpaired) electrons. The molecule has 0 spiro atoms. The molecule has 1 aromatic carbocycles. The van der Waals surface area contributed by atoms with Crippen molar-refractivity contribution in [2.75, 3.05) is 45.9 Å². The molecule has 2 amide bonds. The molecule has 26 heavy (non-hydrogen) atoms. The average Bonchev–Trinajstić information content (AvgIpc) is 2.59. The van der Waals surface area contributed by atoms with E-state index in [1.807, 2.05) is 17.0 Å². The van der Waals surface area contributed by atoms with Crippen molar-refractivity contribution >= 4 is 11.8 Å². The van der Waals surface area contributed by atoms with Crippen molar-refractivity contribution < 1.29 is 14.3 Å². The summed E-state index contributed by atoms with van der Waals surface area (Å²) in [5.41, 5.74) is 1.39. The zero-order chi connectivity index (χ0) is 19.2. The number of ether oxygens (including phenoxy) is 1. The van der Waals surface area contributed by atoms with Gasteiger partial charge in [-0.2, -0.15) is 0 Å². The molecule has 0 aliphatic carbocycles. The summed E-state index contributed by atoms with van der Waals surface area (Å²) < 4.78 is 5.68. The molecular formula is C20H31N3O3. The standard InChI is InChI=1S/C20H31N3O3/c1-16(24)23-12-10-22(11-13-23)15-19(25)21-9-14-26-18-7-5-17(6-8-18)20(2,3)4/h5-8H,9-15H2,1-4H3,(H,21,25). The quantitative estimate of drug-likeness (QED) is 0.783. The van der Waals surface area contributed by atoms with Crippen LogP contribution in [-0.4, -0.2) is 67.5 Å². The SMILES string of the molecule is CC(=O)N1CCN(CC(=O)NCCOc2ccc(C(C)(C)C)cc2)CC1. The molecule has 2 rings (SSSR count). The summed E-state index contributed by atoms with van der Waals surface area (Å²) in [5, 5.41) is 2.88. The number of hydrogen-bond acceptors (Lipinski definition) is 4. The van der Waals surface area contributed by atoms with Gasteiger partial charge in [-0.3, -0.25) is 14.5 Å². The summed E-state index contributed by atoms with van der Waals surface area (Å²) in [6.07, 6.45) is 0. The maximum atomic E-state index is 12.0. The van der Waals surface area contributed by atoms with Crippen molar-refractivity contribution in [3.05, 3.63) is 29.8 Å². The number of amides is 2. The molecular weight excluding hydrogens is 330 g/mol. The monoisotopic (exact) mass is 361 g/mol. The lowest BCUT2D eigenvalue weighted by Crippen LogP contribution is -2.50. The largest absolute Gasteiger partial charge is 0.492 e. The van der Waals surface area contributed by atoms with E-state index in [0.717, 1.165) is 18.8 Å². The number of nitrogens with zero attached hydrogens (tertiary/aromatic N) is 2. The van der Waals surface area contributed by atoms with Gasteiger partial charge in [-0.15, -0.1) is 0 Å². The van der Waals surface area contributed by atoms with Crippen molar-refractivity contribution in [2.45, 2.75) is 33.1 Å². The third-order valence-corrected chi connectivity index (χ3v) is 4.60. The lowest BCUT2D eigenvalue weighted by molar-refractivity contribution is -0.131. The van der Waals surface area contributed by atoms with Crippen LogP contribution in [0.2, 0.25) is 0 Å². The smallest absolute Gasteiger partial charge is 0.234 e. The van der Waals surface area contributed by atoms with Crippen LogP contribution in [0.15, 0.2) is 24.3 Å². The average molecular weight is 361 g/mol. The van der Waals surface area contributed by atoms with Crippen molar-refractivity contribution in [3.8, 4) is 5.75 Å². The van der Waals surface area contributed by atoms with Crippen LogP contribution in [0, 0.1) is 0 Å². The van der Waals surface area contributed by atoms with Crippen molar-refractivity contribution in [3.63, 3.8) is 0 Å². The highest BCUT2D eigenvalue weighted by atomic mass is 16.5. The van der Waals surface area contributed by atoms with Gasteiger partial charge in [-0.05, 0) is 23.1 Å². The first-order valence-corrected chi connectivity index (χ1v) is 9.23. The van der Waals surface area contributed by atoms with Crippen LogP contribution in [0.1, 0.15) is 33.3 Å². The van der Waals surface area contributed by atoms with Crippen LogP contribution in [0.25, 0.3) is 0 Å². The van der Waals surface area contributed by atoms with Crippen molar-refractivity contribution in [2.24, 2.45) is 0 Å². The van der Waals surface area contributed by atoms with E-state index in [-0.39, 0.29) is 17.2 Å². The minimum absolute atomic E-state index is 0.00652. The molecule has 1 heterocycles. The first-order valence-electron chi connectivity index (χ1n) is 9.23. The highest BCUT2D eigenvalue weighted by Crippen LogP contribution is 2.24. The van der Waals surface area contributed by atoms with Crippen LogP contribution < -0.4 is 10.1 Å². The molecule has 0 bridgehead atoms. The summed E-state index contributed by atoms with van der Waals surface area (Å²) in [4.78, 5) is 27.2. The van der Waals surface area contributed by atoms with Crippen molar-refractivity contribution in [1.29, 1.82) is 0 Å². The van der Waals surface area contributed by atoms with Gasteiger partial charge in [-0.1, -0.05) is 32.9 Å². The zero-order valence-electron chi connectivity index (χ0n) is 16.4. The normalized spacial score (nSPS) is 15.6. The number of carbonyl (C=O) groups is 2. The van der Waals surface area contributed by atoms with Gasteiger partial charge in [0.25, 0.3) is 0 Å². The highest BCUT2D eigenvalue weighted by molar-refractivity contribution is 5.78. The summed E-state index contributed by atoms with van der Waals surface area (Å²) >= 11 is 0. The molecule has 1 aromatic rings. The summed E-state index contributed by atoms with van der Waals surface area (Å²) in [6.45, 7) is 12.3. The van der Waals surface area contributed by atoms with E-state index in [1.54, 1.807) is 6.92 Å². The Morgan fingerprint density at radius 3 is 2.23 bits per heavy atom. The minimum atomic E-state index is -0.00652. The lowest BCUT2D eigenvalue weighted by Gasteiger charge is -2.33. The van der Waals surface area contributed by atoms with E-state index < -0.39 is 0 Å². The second-order valence-corrected chi connectivity index (χ2v) is 7.76. The Labute approximate surface area is 156 Å². The van der Waals surface area contributed by atoms with Gasteiger partial charge < -0.3 is 15.0 Å². The Morgan fingerprint density at radius 1 is 1.08 bits per heavy atom. The van der Waals surface area contributed by atoms with Gasteiger partial charge in [0.2, 0.25) is 11.8 Å². The van der Waals surface area contributed by atoms with Gasteiger partial charge in [0.1, 0.15) is 12.4 Å². The van der Waals surface area contributed by atoms with Crippen LogP contribution >= 0.6 is 0 Å². The Kier molecular flexibility index (Phi) is 7.03. The molecule has 0 aromatic heterocycles. The first kappa shape index (κ1) is 20.2. The van der Waals surface area contributed by atoms with E-state index in [2.05, 4.69) is 43.1 Å². The van der Waals surface area contributed by atoms with Crippen LogP contribution in [0.4, 0.5) is 0 Å². The predicted octanol–water partition coefficient (Wildman–Crippen LogP) is 1.64. The Balaban J connectivity index is 1.62. The molecule has 6 nitrogen and oxygen atoms in total. The topological polar surface area (TPSA) is 61.9 Å². The molecule has 0 saturated carbocycles. The fourth-order valence-corrected chi connectivity index (χ4v) is 2.89. The van der Waals surface area contributed by atoms with E-state index in [0.29, 0.717) is 32.8 Å². The van der Waals surface area contributed by atoms with Crippen LogP contribution in [0.5, 0.6) is 5.75 Å². The fourth-order valence-electron chi connectivity index (χ4n) is 2.89. The van der Waals surface area contributed by atoms with Gasteiger partial charge in [-0.25, -0.2) is 0 Å². The second-order valence-electron chi connectivity index (χ2n) is 7.76. The van der Waals surface area contributed by atoms with Gasteiger partial charge >= 0.3 is 0 Å². The Bertz CT molecular complexity index is 600. The van der Waals surface area contributed by atoms with E-state index >= 15 is 0 Å². The number of piperazine rings is 1. The number of benzene rings is 1. The maximum absolute atomic E-state index is 12.0. The van der Waals surface area contributed by atoms with Crippen LogP contribution in [0.3, 0.4) is 0 Å². The minimum Gasteiger partial charge on any atom is -0.492 e. The van der Waals surface area contributed by atoms with Gasteiger partial charge in [0.15, 0.2) is 0 Å². The molecule has 0 atom stereocenters. The third-order valence-electron chi connectivity index (χ3n) is 4.60. The highest BCUT2D eigenvalue weighted by Gasteiger charge is 2.20. The number of rotatable bonds is 6. The molecule has 1 saturated heterocycles. The molecule has 144 valence electrons. The second kappa shape index (κ2) is 9.03. The Morgan fingerprint density at radius 2 is 1.69 bits per heavy atom. The molecule has 0 unspecified atom stereocenters. The van der Waals surface area contributed by atoms with E-state index in [4.69, 9.17) is 4.74 Å². The molecule has 6 heteroatoms. The number of carbonyl (C=O) groups excluding carboxylic acids is 2.